The molecule has 0 fully saturated rings. The van der Waals surface area contributed by atoms with Gasteiger partial charge in [-0.05, 0) is 55.9 Å². The molecule has 2 aromatic rings. The lowest BCUT2D eigenvalue weighted by Gasteiger charge is -2.17. The van der Waals surface area contributed by atoms with Crippen LogP contribution >= 0.6 is 11.8 Å². The summed E-state index contributed by atoms with van der Waals surface area (Å²) in [5.41, 5.74) is 7.30. The highest BCUT2D eigenvalue weighted by Gasteiger charge is 2.17. The Bertz CT molecular complexity index is 795. The molecule has 2 rings (SSSR count). The topological polar surface area (TPSA) is 80.3 Å². The molecule has 0 aliphatic rings. The van der Waals surface area contributed by atoms with E-state index in [1.807, 2.05) is 39.0 Å². The van der Waals surface area contributed by atoms with Crippen LogP contribution in [-0.2, 0) is 4.79 Å². The zero-order valence-electron chi connectivity index (χ0n) is 15.3. The van der Waals surface area contributed by atoms with Crippen LogP contribution in [0.15, 0.2) is 41.6 Å². The molecule has 1 atom stereocenters. The number of aromatic nitrogens is 1. The maximum Gasteiger partial charge on any atom is 0.279 e. The summed E-state index contributed by atoms with van der Waals surface area (Å²) in [7, 11) is 0. The summed E-state index contributed by atoms with van der Waals surface area (Å²) >= 11 is 1.54. The average molecular weight is 373 g/mol. The van der Waals surface area contributed by atoms with Gasteiger partial charge in [-0.15, -0.1) is 11.8 Å². The number of hydrogen-bond donors (Lipinski definition) is 2. The Hall–Kier alpha value is -2.54. The van der Waals surface area contributed by atoms with Gasteiger partial charge in [-0.2, -0.15) is 0 Å². The maximum absolute atomic E-state index is 12.2. The van der Waals surface area contributed by atoms with E-state index in [2.05, 4.69) is 15.8 Å². The number of pyridine rings is 1. The molecule has 1 aromatic carbocycles. The van der Waals surface area contributed by atoms with Gasteiger partial charge in [0.1, 0.15) is 5.75 Å². The van der Waals surface area contributed by atoms with Gasteiger partial charge in [0.2, 0.25) is 0 Å². The van der Waals surface area contributed by atoms with Gasteiger partial charge < -0.3 is 4.74 Å². The second-order valence-electron chi connectivity index (χ2n) is 5.72. The fraction of sp³-hybridized carbons (Fsp3) is 0.316. The van der Waals surface area contributed by atoms with Crippen molar-refractivity contribution < 1.29 is 14.3 Å². The second kappa shape index (κ2) is 9.24. The van der Waals surface area contributed by atoms with Crippen molar-refractivity contribution in [1.29, 1.82) is 0 Å². The number of carbonyl (C=O) groups excluding carboxylic acids is 2. The van der Waals surface area contributed by atoms with Gasteiger partial charge in [0.25, 0.3) is 11.8 Å². The zero-order chi connectivity index (χ0) is 19.1. The first-order valence-electron chi connectivity index (χ1n) is 8.34. The Morgan fingerprint density at radius 3 is 2.73 bits per heavy atom. The first-order chi connectivity index (χ1) is 12.4. The highest BCUT2D eigenvalue weighted by Crippen LogP contribution is 2.21. The Morgan fingerprint density at radius 2 is 2.00 bits per heavy atom. The van der Waals surface area contributed by atoms with Crippen LogP contribution in [0.5, 0.6) is 5.75 Å². The van der Waals surface area contributed by atoms with E-state index in [9.17, 15) is 9.59 Å². The molecule has 0 aliphatic heterocycles. The minimum Gasteiger partial charge on any atom is -0.481 e. The number of aryl methyl sites for hydroxylation is 1. The van der Waals surface area contributed by atoms with Gasteiger partial charge in [0.05, 0.1) is 5.03 Å². The monoisotopic (exact) mass is 373 g/mol. The van der Waals surface area contributed by atoms with Crippen LogP contribution < -0.4 is 15.6 Å². The fourth-order valence-electron chi connectivity index (χ4n) is 2.17. The molecular weight excluding hydrogens is 350 g/mol. The second-order valence-corrected chi connectivity index (χ2v) is 7.00. The zero-order valence-corrected chi connectivity index (χ0v) is 16.1. The number of benzene rings is 1. The van der Waals surface area contributed by atoms with E-state index in [4.69, 9.17) is 4.74 Å². The third-order valence-electron chi connectivity index (χ3n) is 3.82. The van der Waals surface area contributed by atoms with Gasteiger partial charge in [-0.3, -0.25) is 20.4 Å². The summed E-state index contributed by atoms with van der Waals surface area (Å²) in [6.07, 6.45) is 0.820. The van der Waals surface area contributed by atoms with E-state index in [-0.39, 0.29) is 0 Å². The summed E-state index contributed by atoms with van der Waals surface area (Å²) in [6, 6.07) is 8.95. The van der Waals surface area contributed by atoms with Crippen molar-refractivity contribution in [3.8, 4) is 5.75 Å². The van der Waals surface area contributed by atoms with Gasteiger partial charge in [0, 0.05) is 11.8 Å². The predicted octanol–water partition coefficient (Wildman–Crippen LogP) is 3.04. The van der Waals surface area contributed by atoms with Gasteiger partial charge >= 0.3 is 0 Å². The number of thioether (sulfide) groups is 1. The highest BCUT2D eigenvalue weighted by molar-refractivity contribution is 7.99. The first-order valence-corrected chi connectivity index (χ1v) is 9.32. The quantitative estimate of drug-likeness (QED) is 0.601. The van der Waals surface area contributed by atoms with Gasteiger partial charge in [-0.25, -0.2) is 4.98 Å². The number of hydrogen-bond acceptors (Lipinski definition) is 5. The molecule has 0 saturated carbocycles. The third-order valence-corrected chi connectivity index (χ3v) is 4.62. The molecule has 0 bridgehead atoms. The van der Waals surface area contributed by atoms with Crippen LogP contribution in [0.4, 0.5) is 0 Å². The molecule has 6 nitrogen and oxygen atoms in total. The number of nitrogens with one attached hydrogen (secondary N) is 2. The molecule has 0 aliphatic carbocycles. The molecule has 0 radical (unpaired) electrons. The Kier molecular flexibility index (Phi) is 7.03. The van der Waals surface area contributed by atoms with E-state index in [0.717, 1.165) is 21.9 Å². The summed E-state index contributed by atoms with van der Waals surface area (Å²) in [5, 5.41) is 0.762. The van der Waals surface area contributed by atoms with Crippen molar-refractivity contribution in [3.63, 3.8) is 0 Å². The summed E-state index contributed by atoms with van der Waals surface area (Å²) in [4.78, 5) is 28.5. The molecule has 1 unspecified atom stereocenters. The Morgan fingerprint density at radius 1 is 1.23 bits per heavy atom. The van der Waals surface area contributed by atoms with Crippen LogP contribution in [0, 0.1) is 13.8 Å². The van der Waals surface area contributed by atoms with Crippen LogP contribution in [0.1, 0.15) is 35.3 Å². The number of carbonyl (C=O) groups is 2. The van der Waals surface area contributed by atoms with E-state index < -0.39 is 17.9 Å². The largest absolute Gasteiger partial charge is 0.481 e. The lowest BCUT2D eigenvalue weighted by Crippen LogP contribution is -2.47. The molecular formula is C19H23N3O3S. The van der Waals surface area contributed by atoms with Crippen molar-refractivity contribution >= 4 is 23.6 Å². The number of hydrazine groups is 1. The van der Waals surface area contributed by atoms with E-state index in [1.165, 1.54) is 0 Å². The lowest BCUT2D eigenvalue weighted by molar-refractivity contribution is -0.128. The fourth-order valence-corrected chi connectivity index (χ4v) is 2.81. The standard InChI is InChI=1S/C19H23N3O3S/c1-5-26-17-11-15(9-10-20-17)19(24)22-21-18(23)14(4)25-16-8-6-7-12(2)13(16)3/h6-11,14H,5H2,1-4H3,(H,21,23)(H,22,24). The summed E-state index contributed by atoms with van der Waals surface area (Å²) in [6.45, 7) is 7.56. The number of ether oxygens (including phenoxy) is 1. The lowest BCUT2D eigenvalue weighted by atomic mass is 10.1. The molecule has 1 aromatic heterocycles. The van der Waals surface area contributed by atoms with Gasteiger partial charge in [-0.1, -0.05) is 19.1 Å². The molecule has 2 amide bonds. The van der Waals surface area contributed by atoms with Crippen molar-refractivity contribution in [2.45, 2.75) is 38.8 Å². The molecule has 138 valence electrons. The van der Waals surface area contributed by atoms with E-state index >= 15 is 0 Å². The normalized spacial score (nSPS) is 11.5. The van der Waals surface area contributed by atoms with Crippen molar-refractivity contribution in [2.75, 3.05) is 5.75 Å². The third kappa shape index (κ3) is 5.23. The highest BCUT2D eigenvalue weighted by atomic mass is 32.2. The van der Waals surface area contributed by atoms with Crippen LogP contribution in [0.3, 0.4) is 0 Å². The number of amides is 2. The molecule has 0 saturated heterocycles. The minimum atomic E-state index is -0.751. The SMILES string of the molecule is CCSc1cc(C(=O)NNC(=O)C(C)Oc2cccc(C)c2C)ccn1. The van der Waals surface area contributed by atoms with Crippen molar-refractivity contribution in [1.82, 2.24) is 15.8 Å². The predicted molar refractivity (Wildman–Crippen MR) is 102 cm³/mol. The minimum absolute atomic E-state index is 0.405. The number of rotatable bonds is 6. The molecule has 2 N–H and O–H groups in total. The summed E-state index contributed by atoms with van der Waals surface area (Å²) < 4.78 is 5.70. The molecule has 26 heavy (non-hydrogen) atoms. The maximum atomic E-state index is 12.2. The van der Waals surface area contributed by atoms with Crippen LogP contribution in [0.2, 0.25) is 0 Å². The summed E-state index contributed by atoms with van der Waals surface area (Å²) in [5.74, 6) is 0.672. The van der Waals surface area contributed by atoms with Crippen molar-refractivity contribution in [3.05, 3.63) is 53.2 Å². The molecule has 7 heteroatoms. The number of nitrogens with zero attached hydrogens (tertiary/aromatic N) is 1. The first kappa shape index (κ1) is 19.8. The van der Waals surface area contributed by atoms with Gasteiger partial charge in [0.15, 0.2) is 6.10 Å². The van der Waals surface area contributed by atoms with Crippen LogP contribution in [0.25, 0.3) is 0 Å². The van der Waals surface area contributed by atoms with E-state index in [1.54, 1.807) is 37.0 Å². The smallest absolute Gasteiger partial charge is 0.279 e. The van der Waals surface area contributed by atoms with Crippen molar-refractivity contribution in [2.24, 2.45) is 0 Å². The Labute approximate surface area is 157 Å². The molecule has 0 spiro atoms. The average Bonchev–Trinajstić information content (AvgIpc) is 2.63. The van der Waals surface area contributed by atoms with E-state index in [0.29, 0.717) is 11.3 Å². The Balaban J connectivity index is 1.92. The molecule has 1 heterocycles. The van der Waals surface area contributed by atoms with Crippen LogP contribution in [-0.4, -0.2) is 28.7 Å².